The van der Waals surface area contributed by atoms with E-state index in [1.165, 1.54) is 23.5 Å². The molecule has 0 radical (unpaired) electrons. The predicted molar refractivity (Wildman–Crippen MR) is 91.9 cm³/mol. The number of halogens is 2. The first kappa shape index (κ1) is 19.5. The molecule has 23 heavy (non-hydrogen) atoms. The minimum absolute atomic E-state index is 0. The maximum atomic E-state index is 13.1. The van der Waals surface area contributed by atoms with Gasteiger partial charge in [-0.3, -0.25) is 4.79 Å². The summed E-state index contributed by atoms with van der Waals surface area (Å²) in [5, 5.41) is 6.23. The van der Waals surface area contributed by atoms with Gasteiger partial charge >= 0.3 is 0 Å². The van der Waals surface area contributed by atoms with Crippen molar-refractivity contribution in [1.29, 1.82) is 0 Å². The molecular formula is C15H19ClFN3O2S. The normalized spacial score (nSPS) is 10.2. The zero-order valence-electron chi connectivity index (χ0n) is 12.7. The van der Waals surface area contributed by atoms with Gasteiger partial charge in [0.15, 0.2) is 5.13 Å². The van der Waals surface area contributed by atoms with E-state index in [0.717, 1.165) is 10.4 Å². The number of anilines is 1. The van der Waals surface area contributed by atoms with E-state index >= 15 is 0 Å². The van der Waals surface area contributed by atoms with Crippen LogP contribution in [0.15, 0.2) is 30.5 Å². The quantitative estimate of drug-likeness (QED) is 0.711. The van der Waals surface area contributed by atoms with Gasteiger partial charge in [0.05, 0.1) is 13.2 Å². The van der Waals surface area contributed by atoms with Gasteiger partial charge in [-0.2, -0.15) is 0 Å². The molecular weight excluding hydrogens is 341 g/mol. The van der Waals surface area contributed by atoms with Crippen LogP contribution in [0.25, 0.3) is 0 Å². The number of nitrogens with one attached hydrogen (secondary N) is 2. The van der Waals surface area contributed by atoms with Crippen LogP contribution in [0.2, 0.25) is 0 Å². The zero-order valence-corrected chi connectivity index (χ0v) is 14.3. The lowest BCUT2D eigenvalue weighted by molar-refractivity contribution is -0.115. The number of carbonyl (C=O) groups is 1. The van der Waals surface area contributed by atoms with Gasteiger partial charge in [0.1, 0.15) is 5.82 Å². The van der Waals surface area contributed by atoms with Crippen molar-refractivity contribution in [1.82, 2.24) is 10.3 Å². The predicted octanol–water partition coefficient (Wildman–Crippen LogP) is 2.47. The first-order chi connectivity index (χ1) is 10.7. The highest BCUT2D eigenvalue weighted by Gasteiger charge is 2.07. The summed E-state index contributed by atoms with van der Waals surface area (Å²) in [6, 6.07) is 6.46. The van der Waals surface area contributed by atoms with Gasteiger partial charge in [0.25, 0.3) is 0 Å². The highest BCUT2D eigenvalue weighted by Crippen LogP contribution is 2.21. The Morgan fingerprint density at radius 1 is 1.43 bits per heavy atom. The number of nitrogens with zero attached hydrogens (tertiary/aromatic N) is 1. The molecule has 0 unspecified atom stereocenters. The first-order valence-corrected chi connectivity index (χ1v) is 7.67. The standard InChI is InChI=1S/C15H18FN3O2S.ClH/c1-21-6-5-17-10-14(20)19-15-18-9-13(22-15)8-11-3-2-4-12(16)7-11;/h2-4,7,9,17H,5-6,8,10H2,1H3,(H,18,19,20);1H. The van der Waals surface area contributed by atoms with E-state index in [4.69, 9.17) is 4.74 Å². The van der Waals surface area contributed by atoms with Crippen molar-refractivity contribution in [3.63, 3.8) is 0 Å². The van der Waals surface area contributed by atoms with Gasteiger partial charge < -0.3 is 15.4 Å². The molecule has 2 rings (SSSR count). The Bertz CT molecular complexity index is 624. The number of hydrogen-bond acceptors (Lipinski definition) is 5. The summed E-state index contributed by atoms with van der Waals surface area (Å²) in [4.78, 5) is 16.8. The fourth-order valence-corrected chi connectivity index (χ4v) is 2.70. The second-order valence-corrected chi connectivity index (χ2v) is 5.77. The molecule has 0 saturated heterocycles. The third-order valence-corrected chi connectivity index (χ3v) is 3.75. The number of hydrogen-bond donors (Lipinski definition) is 2. The fraction of sp³-hybridized carbons (Fsp3) is 0.333. The largest absolute Gasteiger partial charge is 0.383 e. The van der Waals surface area contributed by atoms with Crippen molar-refractivity contribution in [3.8, 4) is 0 Å². The van der Waals surface area contributed by atoms with Crippen LogP contribution in [0.1, 0.15) is 10.4 Å². The third-order valence-electron chi connectivity index (χ3n) is 2.84. The Kier molecular flexibility index (Phi) is 8.71. The second kappa shape index (κ2) is 10.3. The summed E-state index contributed by atoms with van der Waals surface area (Å²) in [6.07, 6.45) is 2.29. The van der Waals surface area contributed by atoms with Gasteiger partial charge in [-0.05, 0) is 17.7 Å². The van der Waals surface area contributed by atoms with Crippen LogP contribution in [-0.2, 0) is 16.0 Å². The van der Waals surface area contributed by atoms with Crippen molar-refractivity contribution in [2.75, 3.05) is 32.1 Å². The van der Waals surface area contributed by atoms with Crippen LogP contribution in [0.4, 0.5) is 9.52 Å². The molecule has 126 valence electrons. The summed E-state index contributed by atoms with van der Waals surface area (Å²) in [5.41, 5.74) is 0.878. The molecule has 8 heteroatoms. The van der Waals surface area contributed by atoms with E-state index in [0.29, 0.717) is 24.7 Å². The highest BCUT2D eigenvalue weighted by atomic mass is 35.5. The molecule has 0 fully saturated rings. The van der Waals surface area contributed by atoms with Crippen molar-refractivity contribution >= 4 is 34.8 Å². The summed E-state index contributed by atoms with van der Waals surface area (Å²) in [5.74, 6) is -0.402. The number of benzene rings is 1. The molecule has 0 bridgehead atoms. The molecule has 1 aromatic heterocycles. The van der Waals surface area contributed by atoms with E-state index in [1.807, 2.05) is 6.07 Å². The molecule has 0 atom stereocenters. The molecule has 1 heterocycles. The average Bonchev–Trinajstić information content (AvgIpc) is 2.91. The summed E-state index contributed by atoms with van der Waals surface area (Å²) < 4.78 is 18.0. The molecule has 0 aliphatic rings. The van der Waals surface area contributed by atoms with E-state index in [1.54, 1.807) is 19.4 Å². The zero-order chi connectivity index (χ0) is 15.8. The Morgan fingerprint density at radius 2 is 2.26 bits per heavy atom. The first-order valence-electron chi connectivity index (χ1n) is 6.86. The summed E-state index contributed by atoms with van der Waals surface area (Å²) in [6.45, 7) is 1.39. The lowest BCUT2D eigenvalue weighted by Gasteiger charge is -2.03. The maximum Gasteiger partial charge on any atom is 0.240 e. The number of thiazole rings is 1. The van der Waals surface area contributed by atoms with E-state index < -0.39 is 0 Å². The van der Waals surface area contributed by atoms with Gasteiger partial charge in [-0.15, -0.1) is 23.7 Å². The lowest BCUT2D eigenvalue weighted by atomic mass is 10.1. The van der Waals surface area contributed by atoms with Crippen molar-refractivity contribution in [2.45, 2.75) is 6.42 Å². The second-order valence-electron chi connectivity index (χ2n) is 4.66. The molecule has 0 spiro atoms. The maximum absolute atomic E-state index is 13.1. The monoisotopic (exact) mass is 359 g/mol. The Balaban J connectivity index is 0.00000264. The smallest absolute Gasteiger partial charge is 0.240 e. The number of amides is 1. The number of rotatable bonds is 8. The third kappa shape index (κ3) is 7.04. The van der Waals surface area contributed by atoms with E-state index in [9.17, 15) is 9.18 Å². The molecule has 2 aromatic rings. The van der Waals surface area contributed by atoms with E-state index in [-0.39, 0.29) is 30.7 Å². The minimum atomic E-state index is -0.252. The lowest BCUT2D eigenvalue weighted by Crippen LogP contribution is -2.30. The molecule has 0 aliphatic carbocycles. The van der Waals surface area contributed by atoms with Gasteiger partial charge in [-0.25, -0.2) is 9.37 Å². The highest BCUT2D eigenvalue weighted by molar-refractivity contribution is 7.15. The Hall–Kier alpha value is -1.54. The van der Waals surface area contributed by atoms with Crippen molar-refractivity contribution in [2.24, 2.45) is 0 Å². The van der Waals surface area contributed by atoms with Gasteiger partial charge in [0, 0.05) is 31.1 Å². The SMILES string of the molecule is COCCNCC(=O)Nc1ncc(Cc2cccc(F)c2)s1.Cl. The fourth-order valence-electron chi connectivity index (χ4n) is 1.83. The average molecular weight is 360 g/mol. The van der Waals surface area contributed by atoms with Crippen molar-refractivity contribution < 1.29 is 13.9 Å². The topological polar surface area (TPSA) is 63.2 Å². The molecule has 5 nitrogen and oxygen atoms in total. The molecule has 1 amide bonds. The summed E-state index contributed by atoms with van der Waals surface area (Å²) >= 11 is 1.39. The Labute approximate surface area is 144 Å². The molecule has 0 saturated carbocycles. The van der Waals surface area contributed by atoms with Crippen LogP contribution < -0.4 is 10.6 Å². The minimum Gasteiger partial charge on any atom is -0.383 e. The molecule has 1 aromatic carbocycles. The van der Waals surface area contributed by atoms with Crippen LogP contribution in [-0.4, -0.2) is 37.7 Å². The van der Waals surface area contributed by atoms with Crippen LogP contribution in [0.5, 0.6) is 0 Å². The van der Waals surface area contributed by atoms with Gasteiger partial charge in [-0.1, -0.05) is 12.1 Å². The summed E-state index contributed by atoms with van der Waals surface area (Å²) in [7, 11) is 1.61. The Morgan fingerprint density at radius 3 is 3.00 bits per heavy atom. The molecule has 2 N–H and O–H groups in total. The van der Waals surface area contributed by atoms with E-state index in [2.05, 4.69) is 15.6 Å². The van der Waals surface area contributed by atoms with Crippen LogP contribution in [0, 0.1) is 5.82 Å². The van der Waals surface area contributed by atoms with Gasteiger partial charge in [0.2, 0.25) is 5.91 Å². The number of aromatic nitrogens is 1. The number of carbonyl (C=O) groups excluding carboxylic acids is 1. The number of ether oxygens (including phenoxy) is 1. The van der Waals surface area contributed by atoms with Crippen LogP contribution >= 0.6 is 23.7 Å². The van der Waals surface area contributed by atoms with Crippen molar-refractivity contribution in [3.05, 3.63) is 46.7 Å². The van der Waals surface area contributed by atoms with Crippen LogP contribution in [0.3, 0.4) is 0 Å². The molecule has 0 aliphatic heterocycles. The number of methoxy groups -OCH3 is 1.